The minimum atomic E-state index is -0.916. The van der Waals surface area contributed by atoms with E-state index >= 15 is 0 Å². The van der Waals surface area contributed by atoms with Crippen molar-refractivity contribution in [2.24, 2.45) is 0 Å². The normalized spacial score (nSPS) is 16.5. The Labute approximate surface area is 168 Å². The molecule has 1 aliphatic heterocycles. The smallest absolute Gasteiger partial charge is 0.276 e. The van der Waals surface area contributed by atoms with Crippen LogP contribution in [0.2, 0.25) is 5.02 Å². The molecule has 1 fully saturated rings. The fourth-order valence-corrected chi connectivity index (χ4v) is 4.13. The predicted octanol–water partition coefficient (Wildman–Crippen LogP) is 3.43. The highest BCUT2D eigenvalue weighted by Gasteiger charge is 2.37. The van der Waals surface area contributed by atoms with E-state index in [1.54, 1.807) is 9.42 Å². The van der Waals surface area contributed by atoms with Gasteiger partial charge in [0.2, 0.25) is 0 Å². The van der Waals surface area contributed by atoms with Crippen LogP contribution in [0.4, 0.5) is 0 Å². The van der Waals surface area contributed by atoms with Gasteiger partial charge in [-0.15, -0.1) is 0 Å². The summed E-state index contributed by atoms with van der Waals surface area (Å²) in [6.45, 7) is 6.68. The molecule has 146 valence electrons. The number of aryl methyl sites for hydroxylation is 3. The molecule has 1 N–H and O–H groups in total. The molecule has 0 bridgehead atoms. The monoisotopic (exact) mass is 398 g/mol. The maximum Gasteiger partial charge on any atom is 0.276 e. The van der Waals surface area contributed by atoms with Crippen molar-refractivity contribution in [1.29, 1.82) is 0 Å². The molecule has 0 aliphatic carbocycles. The van der Waals surface area contributed by atoms with Gasteiger partial charge in [-0.1, -0.05) is 41.4 Å². The van der Waals surface area contributed by atoms with Crippen LogP contribution in [0.25, 0.3) is 5.65 Å². The molecule has 1 amide bonds. The van der Waals surface area contributed by atoms with E-state index < -0.39 is 5.60 Å². The summed E-state index contributed by atoms with van der Waals surface area (Å²) < 4.78 is 1.61. The molecule has 0 atom stereocenters. The number of halogens is 1. The summed E-state index contributed by atoms with van der Waals surface area (Å²) in [5.74, 6) is -0.223. The lowest BCUT2D eigenvalue weighted by atomic mass is 9.84. The highest BCUT2D eigenvalue weighted by Crippen LogP contribution is 2.34. The second kappa shape index (κ2) is 6.87. The van der Waals surface area contributed by atoms with Crippen LogP contribution in [0, 0.1) is 20.8 Å². The average Bonchev–Trinajstić information content (AvgIpc) is 2.99. The van der Waals surface area contributed by atoms with Gasteiger partial charge < -0.3 is 10.0 Å². The molecule has 28 heavy (non-hydrogen) atoms. The molecule has 0 unspecified atom stereocenters. The summed E-state index contributed by atoms with van der Waals surface area (Å²) in [4.78, 5) is 19.2. The van der Waals surface area contributed by atoms with Crippen molar-refractivity contribution in [3.05, 3.63) is 63.6 Å². The summed E-state index contributed by atoms with van der Waals surface area (Å²) in [6, 6.07) is 9.81. The topological polar surface area (TPSA) is 70.7 Å². The van der Waals surface area contributed by atoms with E-state index in [0.29, 0.717) is 31.6 Å². The molecule has 1 aromatic carbocycles. The molecule has 4 rings (SSSR count). The Morgan fingerprint density at radius 3 is 2.57 bits per heavy atom. The van der Waals surface area contributed by atoms with Crippen LogP contribution in [-0.4, -0.2) is 43.6 Å². The first-order chi connectivity index (χ1) is 13.3. The Kier molecular flexibility index (Phi) is 4.63. The molecule has 0 radical (unpaired) electrons. The predicted molar refractivity (Wildman–Crippen MR) is 108 cm³/mol. The number of piperidine rings is 1. The van der Waals surface area contributed by atoms with Gasteiger partial charge in [0.25, 0.3) is 5.91 Å². The molecule has 1 saturated heterocycles. The number of likely N-dealkylation sites (tertiary alicyclic amines) is 1. The van der Waals surface area contributed by atoms with E-state index in [-0.39, 0.29) is 16.6 Å². The second-order valence-electron chi connectivity index (χ2n) is 7.63. The van der Waals surface area contributed by atoms with Crippen LogP contribution < -0.4 is 0 Å². The van der Waals surface area contributed by atoms with Crippen molar-refractivity contribution in [3.8, 4) is 0 Å². The average molecular weight is 399 g/mol. The molecule has 7 heteroatoms. The number of aromatic nitrogens is 3. The van der Waals surface area contributed by atoms with Gasteiger partial charge in [-0.3, -0.25) is 4.79 Å². The van der Waals surface area contributed by atoms with Crippen LogP contribution in [0.5, 0.6) is 0 Å². The third-order valence-electron chi connectivity index (χ3n) is 5.47. The molecule has 6 nitrogen and oxygen atoms in total. The molecule has 0 spiro atoms. The van der Waals surface area contributed by atoms with Crippen LogP contribution in [0.15, 0.2) is 30.3 Å². The zero-order chi connectivity index (χ0) is 20.1. The highest BCUT2D eigenvalue weighted by molar-refractivity contribution is 6.36. The molecular weight excluding hydrogens is 376 g/mol. The van der Waals surface area contributed by atoms with Gasteiger partial charge in [0, 0.05) is 24.5 Å². The number of benzene rings is 1. The van der Waals surface area contributed by atoms with Gasteiger partial charge in [0.1, 0.15) is 5.02 Å². The first-order valence-corrected chi connectivity index (χ1v) is 9.77. The quantitative estimate of drug-likeness (QED) is 0.717. The van der Waals surface area contributed by atoms with Crippen LogP contribution in [0.3, 0.4) is 0 Å². The molecule has 3 heterocycles. The van der Waals surface area contributed by atoms with Crippen molar-refractivity contribution in [1.82, 2.24) is 19.5 Å². The van der Waals surface area contributed by atoms with E-state index in [2.05, 4.69) is 10.1 Å². The van der Waals surface area contributed by atoms with E-state index in [9.17, 15) is 9.90 Å². The zero-order valence-electron chi connectivity index (χ0n) is 16.2. The number of hydrogen-bond acceptors (Lipinski definition) is 4. The van der Waals surface area contributed by atoms with Gasteiger partial charge in [-0.25, -0.2) is 9.50 Å². The minimum Gasteiger partial charge on any atom is -0.385 e. The highest BCUT2D eigenvalue weighted by atomic mass is 35.5. The number of amides is 1. The molecule has 1 aliphatic rings. The number of fused-ring (bicyclic) bond motifs is 1. The minimum absolute atomic E-state index is 0.212. The van der Waals surface area contributed by atoms with Gasteiger partial charge in [-0.05, 0) is 45.2 Å². The van der Waals surface area contributed by atoms with Crippen molar-refractivity contribution in [2.75, 3.05) is 13.1 Å². The Morgan fingerprint density at radius 1 is 1.18 bits per heavy atom. The number of carbonyl (C=O) groups excluding carboxylic acids is 1. The van der Waals surface area contributed by atoms with Gasteiger partial charge in [-0.2, -0.15) is 5.10 Å². The van der Waals surface area contributed by atoms with Crippen molar-refractivity contribution in [3.63, 3.8) is 0 Å². The number of aliphatic hydroxyl groups is 1. The van der Waals surface area contributed by atoms with Crippen molar-refractivity contribution in [2.45, 2.75) is 39.2 Å². The van der Waals surface area contributed by atoms with E-state index in [4.69, 9.17) is 11.6 Å². The van der Waals surface area contributed by atoms with E-state index in [1.807, 2.05) is 51.1 Å². The summed E-state index contributed by atoms with van der Waals surface area (Å²) in [5.41, 5.74) is 3.50. The third-order valence-corrected chi connectivity index (χ3v) is 5.82. The maximum absolute atomic E-state index is 13.0. The first kappa shape index (κ1) is 18.9. The Morgan fingerprint density at radius 2 is 1.89 bits per heavy atom. The largest absolute Gasteiger partial charge is 0.385 e. The number of nitrogens with zero attached hydrogens (tertiary/aromatic N) is 4. The number of hydrogen-bond donors (Lipinski definition) is 1. The first-order valence-electron chi connectivity index (χ1n) is 9.40. The third kappa shape index (κ3) is 3.16. The van der Waals surface area contributed by atoms with Crippen LogP contribution in [0.1, 0.15) is 45.8 Å². The summed E-state index contributed by atoms with van der Waals surface area (Å²) in [7, 11) is 0. The Balaban J connectivity index is 1.57. The molecule has 3 aromatic rings. The SMILES string of the molecule is Cc1cccc(C2(O)CCN(C(=O)c3nn4c(C)cc(C)nc4c3Cl)CC2)c1. The molecule has 2 aromatic heterocycles. The Hall–Kier alpha value is -2.44. The van der Waals surface area contributed by atoms with Crippen molar-refractivity contribution >= 4 is 23.2 Å². The van der Waals surface area contributed by atoms with Gasteiger partial charge >= 0.3 is 0 Å². The number of rotatable bonds is 2. The van der Waals surface area contributed by atoms with E-state index in [1.165, 1.54) is 0 Å². The lowest BCUT2D eigenvalue weighted by Gasteiger charge is -2.38. The summed E-state index contributed by atoms with van der Waals surface area (Å²) in [6.07, 6.45) is 0.952. The summed E-state index contributed by atoms with van der Waals surface area (Å²) >= 11 is 6.44. The Bertz CT molecular complexity index is 1070. The standard InChI is InChI=1S/C21H23ClN4O2/c1-13-5-4-6-16(11-13)21(28)7-9-25(10-8-21)20(27)18-17(22)19-23-14(2)12-15(3)26(19)24-18/h4-6,11-12,28H,7-10H2,1-3H3. The van der Waals surface area contributed by atoms with Crippen LogP contribution in [-0.2, 0) is 5.60 Å². The lowest BCUT2D eigenvalue weighted by Crippen LogP contribution is -2.45. The van der Waals surface area contributed by atoms with E-state index in [0.717, 1.165) is 22.5 Å². The van der Waals surface area contributed by atoms with Gasteiger partial charge in [0.05, 0.1) is 5.60 Å². The zero-order valence-corrected chi connectivity index (χ0v) is 17.0. The fraction of sp³-hybridized carbons (Fsp3) is 0.381. The number of carbonyl (C=O) groups is 1. The van der Waals surface area contributed by atoms with Crippen LogP contribution >= 0.6 is 11.6 Å². The molecular formula is C21H23ClN4O2. The maximum atomic E-state index is 13.0. The lowest BCUT2D eigenvalue weighted by molar-refractivity contribution is -0.0213. The van der Waals surface area contributed by atoms with Gasteiger partial charge in [0.15, 0.2) is 11.3 Å². The summed E-state index contributed by atoms with van der Waals surface area (Å²) in [5, 5.41) is 15.8. The fourth-order valence-electron chi connectivity index (χ4n) is 3.88. The molecule has 0 saturated carbocycles. The second-order valence-corrected chi connectivity index (χ2v) is 8.01. The van der Waals surface area contributed by atoms with Crippen molar-refractivity contribution < 1.29 is 9.90 Å².